The Labute approximate surface area is 193 Å². The lowest BCUT2D eigenvalue weighted by atomic mass is 10.1. The van der Waals surface area contributed by atoms with Crippen LogP contribution in [0, 0.1) is 0 Å². The number of carbonyl (C=O) groups excluding carboxylic acids is 1. The quantitative estimate of drug-likeness (QED) is 0.475. The van der Waals surface area contributed by atoms with Crippen LogP contribution in [-0.4, -0.2) is 21.4 Å². The summed E-state index contributed by atoms with van der Waals surface area (Å²) in [5.74, 6) is -0.0764. The molecular weight excluding hydrogens is 481 g/mol. The minimum atomic E-state index is -4.63. The number of benzene rings is 3. The first-order valence-electron chi connectivity index (χ1n) is 9.41. The maximum atomic E-state index is 12.9. The number of alkyl halides is 3. The Morgan fingerprint density at radius 2 is 1.76 bits per heavy atom. The lowest BCUT2D eigenvalue weighted by Crippen LogP contribution is -2.24. The second-order valence-corrected chi connectivity index (χ2v) is 8.91. The van der Waals surface area contributed by atoms with Gasteiger partial charge >= 0.3 is 6.18 Å². The Morgan fingerprint density at radius 3 is 2.45 bits per heavy atom. The average Bonchev–Trinajstić information content (AvgIpc) is 2.77. The summed E-state index contributed by atoms with van der Waals surface area (Å²) in [6.45, 7) is 0.0959. The van der Waals surface area contributed by atoms with Crippen molar-refractivity contribution in [3.05, 3.63) is 88.4 Å². The van der Waals surface area contributed by atoms with Crippen LogP contribution in [0.5, 0.6) is 5.75 Å². The molecule has 11 heteroatoms. The van der Waals surface area contributed by atoms with Crippen LogP contribution in [0.2, 0.25) is 5.02 Å². The van der Waals surface area contributed by atoms with Gasteiger partial charge in [0.15, 0.2) is 0 Å². The summed E-state index contributed by atoms with van der Waals surface area (Å²) in [7, 11) is -2.81. The van der Waals surface area contributed by atoms with E-state index in [9.17, 15) is 26.4 Å². The molecule has 0 heterocycles. The molecule has 3 aromatic carbocycles. The number of nitrogens with one attached hydrogen (secondary N) is 2. The van der Waals surface area contributed by atoms with Gasteiger partial charge in [0.05, 0.1) is 28.2 Å². The maximum absolute atomic E-state index is 12.9. The van der Waals surface area contributed by atoms with Crippen LogP contribution in [0.4, 0.5) is 18.9 Å². The topological polar surface area (TPSA) is 84.5 Å². The molecule has 0 fully saturated rings. The third kappa shape index (κ3) is 5.96. The lowest BCUT2D eigenvalue weighted by Gasteiger charge is -2.13. The van der Waals surface area contributed by atoms with Gasteiger partial charge in [-0.05, 0) is 42.5 Å². The third-order valence-corrected chi connectivity index (χ3v) is 6.28. The number of halogens is 4. The van der Waals surface area contributed by atoms with Crippen molar-refractivity contribution in [1.29, 1.82) is 0 Å². The highest BCUT2D eigenvalue weighted by Crippen LogP contribution is 2.31. The van der Waals surface area contributed by atoms with Crippen molar-refractivity contribution in [1.82, 2.24) is 5.32 Å². The van der Waals surface area contributed by atoms with E-state index in [1.807, 2.05) is 0 Å². The number of para-hydroxylation sites is 1. The molecule has 0 aliphatic heterocycles. The Balaban J connectivity index is 1.82. The third-order valence-electron chi connectivity index (χ3n) is 4.57. The van der Waals surface area contributed by atoms with Gasteiger partial charge in [-0.1, -0.05) is 35.9 Å². The molecule has 3 aromatic rings. The van der Waals surface area contributed by atoms with Crippen molar-refractivity contribution in [3.63, 3.8) is 0 Å². The largest absolute Gasteiger partial charge is 0.496 e. The van der Waals surface area contributed by atoms with Crippen molar-refractivity contribution >= 4 is 33.2 Å². The van der Waals surface area contributed by atoms with E-state index in [2.05, 4.69) is 10.0 Å². The fourth-order valence-electron chi connectivity index (χ4n) is 2.94. The predicted molar refractivity (Wildman–Crippen MR) is 118 cm³/mol. The Bertz CT molecular complexity index is 1280. The molecule has 6 nitrogen and oxygen atoms in total. The summed E-state index contributed by atoms with van der Waals surface area (Å²) in [6.07, 6.45) is -4.63. The molecule has 0 atom stereocenters. The highest BCUT2D eigenvalue weighted by atomic mass is 35.5. The van der Waals surface area contributed by atoms with E-state index in [4.69, 9.17) is 16.3 Å². The van der Waals surface area contributed by atoms with Gasteiger partial charge in [-0.2, -0.15) is 13.2 Å². The zero-order valence-electron chi connectivity index (χ0n) is 17.1. The van der Waals surface area contributed by atoms with Crippen molar-refractivity contribution in [2.75, 3.05) is 11.8 Å². The van der Waals surface area contributed by atoms with Gasteiger partial charge in [0.2, 0.25) is 0 Å². The molecule has 0 aliphatic carbocycles. The molecule has 0 spiro atoms. The molecule has 0 radical (unpaired) electrons. The van der Waals surface area contributed by atoms with Crippen LogP contribution >= 0.6 is 11.6 Å². The highest BCUT2D eigenvalue weighted by molar-refractivity contribution is 7.92. The van der Waals surface area contributed by atoms with Crippen molar-refractivity contribution in [2.45, 2.75) is 17.6 Å². The van der Waals surface area contributed by atoms with Crippen LogP contribution in [0.1, 0.15) is 21.5 Å². The monoisotopic (exact) mass is 498 g/mol. The summed E-state index contributed by atoms with van der Waals surface area (Å²) in [5, 5.41) is 2.64. The molecule has 33 heavy (non-hydrogen) atoms. The molecule has 0 aromatic heterocycles. The number of hydrogen-bond acceptors (Lipinski definition) is 4. The van der Waals surface area contributed by atoms with Crippen molar-refractivity contribution in [3.8, 4) is 5.75 Å². The van der Waals surface area contributed by atoms with E-state index in [0.717, 1.165) is 24.3 Å². The summed E-state index contributed by atoms with van der Waals surface area (Å²) >= 11 is 6.09. The van der Waals surface area contributed by atoms with E-state index < -0.39 is 27.7 Å². The van der Waals surface area contributed by atoms with Gasteiger partial charge in [0, 0.05) is 17.8 Å². The summed E-state index contributed by atoms with van der Waals surface area (Å²) < 4.78 is 71.5. The van der Waals surface area contributed by atoms with Gasteiger partial charge in [-0.15, -0.1) is 0 Å². The molecule has 0 bridgehead atoms. The van der Waals surface area contributed by atoms with Crippen LogP contribution in [0.15, 0.2) is 71.6 Å². The molecule has 174 valence electrons. The van der Waals surface area contributed by atoms with Gasteiger partial charge in [0.25, 0.3) is 15.9 Å². The minimum Gasteiger partial charge on any atom is -0.496 e. The summed E-state index contributed by atoms with van der Waals surface area (Å²) in [5.41, 5.74) is -0.699. The van der Waals surface area contributed by atoms with Gasteiger partial charge in [0.1, 0.15) is 5.75 Å². The predicted octanol–water partition coefficient (Wildman–Crippen LogP) is 5.10. The second kappa shape index (κ2) is 9.72. The normalized spacial score (nSPS) is 11.7. The second-order valence-electron chi connectivity index (χ2n) is 6.82. The first-order valence-corrected chi connectivity index (χ1v) is 11.3. The fraction of sp³-hybridized carbons (Fsp3) is 0.136. The number of hydrogen-bond donors (Lipinski definition) is 2. The summed E-state index contributed by atoms with van der Waals surface area (Å²) in [4.78, 5) is 12.3. The molecule has 0 aliphatic rings. The first kappa shape index (κ1) is 24.4. The number of sulfonamides is 1. The van der Waals surface area contributed by atoms with E-state index >= 15 is 0 Å². The number of carbonyl (C=O) groups is 1. The number of methoxy groups -OCH3 is 1. The SMILES string of the molecule is COc1ccccc1CNC(=O)c1cc(S(=O)(=O)Nc2cccc(C(F)(F)F)c2)ccc1Cl. The zero-order valence-corrected chi connectivity index (χ0v) is 18.7. The van der Waals surface area contributed by atoms with Crippen molar-refractivity contribution in [2.24, 2.45) is 0 Å². The van der Waals surface area contributed by atoms with Crippen molar-refractivity contribution < 1.29 is 31.1 Å². The van der Waals surface area contributed by atoms with Crippen LogP contribution in [0.3, 0.4) is 0 Å². The Morgan fingerprint density at radius 1 is 1.03 bits per heavy atom. The molecule has 0 saturated carbocycles. The number of anilines is 1. The van der Waals surface area contributed by atoms with Crippen LogP contribution < -0.4 is 14.8 Å². The Kier molecular flexibility index (Phi) is 7.19. The van der Waals surface area contributed by atoms with E-state index in [0.29, 0.717) is 17.4 Å². The fourth-order valence-corrected chi connectivity index (χ4v) is 4.22. The first-order chi connectivity index (χ1) is 15.5. The number of ether oxygens (including phenoxy) is 1. The van der Waals surface area contributed by atoms with Gasteiger partial charge in [-0.3, -0.25) is 9.52 Å². The van der Waals surface area contributed by atoms with Crippen LogP contribution in [0.25, 0.3) is 0 Å². The number of amides is 1. The maximum Gasteiger partial charge on any atom is 0.416 e. The smallest absolute Gasteiger partial charge is 0.416 e. The molecule has 1 amide bonds. The zero-order chi connectivity index (χ0) is 24.2. The molecule has 0 unspecified atom stereocenters. The van der Waals surface area contributed by atoms with E-state index in [-0.39, 0.29) is 27.7 Å². The van der Waals surface area contributed by atoms with E-state index in [1.165, 1.54) is 19.2 Å². The van der Waals surface area contributed by atoms with Crippen LogP contribution in [-0.2, 0) is 22.7 Å². The highest BCUT2D eigenvalue weighted by Gasteiger charge is 2.31. The standard InChI is InChI=1S/C22H18ClF3N2O4S/c1-32-20-8-3-2-5-14(20)13-27-21(29)18-12-17(9-10-19(18)23)33(30,31)28-16-7-4-6-15(11-16)22(24,25)26/h2-12,28H,13H2,1H3,(H,27,29). The lowest BCUT2D eigenvalue weighted by molar-refractivity contribution is -0.137. The Hall–Kier alpha value is -3.24. The van der Waals surface area contributed by atoms with Gasteiger partial charge in [-0.25, -0.2) is 8.42 Å². The molecule has 3 rings (SSSR count). The minimum absolute atomic E-state index is 0.00513. The molecular formula is C22H18ClF3N2O4S. The molecule has 2 N–H and O–H groups in total. The molecule has 0 saturated heterocycles. The van der Waals surface area contributed by atoms with E-state index in [1.54, 1.807) is 24.3 Å². The summed E-state index contributed by atoms with van der Waals surface area (Å²) in [6, 6.07) is 14.2. The number of rotatable bonds is 7. The average molecular weight is 499 g/mol. The van der Waals surface area contributed by atoms with Gasteiger partial charge < -0.3 is 10.1 Å².